The third-order valence-corrected chi connectivity index (χ3v) is 8.56. The van der Waals surface area contributed by atoms with Crippen LogP contribution in [0.3, 0.4) is 0 Å². The number of hydrogen-bond donors (Lipinski definition) is 0. The Balaban J connectivity index is 3.11. The summed E-state index contributed by atoms with van der Waals surface area (Å²) in [5, 5.41) is 0.0659. The van der Waals surface area contributed by atoms with E-state index in [-0.39, 0.29) is 16.4 Å². The molecule has 7 heteroatoms. The molecular formula is C16H25NO5Si. The Morgan fingerprint density at radius 2 is 1.48 bits per heavy atom. The van der Waals surface area contributed by atoms with Crippen LogP contribution >= 0.6 is 0 Å². The van der Waals surface area contributed by atoms with Gasteiger partial charge in [0.2, 0.25) is 0 Å². The molecule has 0 N–H and O–H groups in total. The summed E-state index contributed by atoms with van der Waals surface area (Å²) in [5.74, 6) is -1.21. The molecule has 0 atom stereocenters. The van der Waals surface area contributed by atoms with Crippen LogP contribution in [-0.2, 0) is 20.5 Å². The van der Waals surface area contributed by atoms with Gasteiger partial charge in [0.1, 0.15) is 11.4 Å². The first-order valence-electron chi connectivity index (χ1n) is 7.33. The second-order valence-corrected chi connectivity index (χ2v) is 11.6. The molecule has 1 heterocycles. The summed E-state index contributed by atoms with van der Waals surface area (Å²) in [6, 6.07) is 3.15. The van der Waals surface area contributed by atoms with Crippen LogP contribution in [0.5, 0.6) is 0 Å². The van der Waals surface area contributed by atoms with E-state index in [2.05, 4.69) is 48.3 Å². The van der Waals surface area contributed by atoms with E-state index in [0.29, 0.717) is 12.2 Å². The fraction of sp³-hybridized carbons (Fsp3) is 0.562. The number of hydrogen-bond acceptors (Lipinski definition) is 6. The molecule has 0 fully saturated rings. The van der Waals surface area contributed by atoms with Gasteiger partial charge in [-0.2, -0.15) is 0 Å². The normalized spacial score (nSPS) is 12.0. The van der Waals surface area contributed by atoms with E-state index >= 15 is 0 Å². The highest BCUT2D eigenvalue weighted by molar-refractivity contribution is 6.74. The quantitative estimate of drug-likeness (QED) is 0.606. The zero-order valence-electron chi connectivity index (χ0n) is 14.9. The highest BCUT2D eigenvalue weighted by Crippen LogP contribution is 2.37. The van der Waals surface area contributed by atoms with Crippen LogP contribution < -0.4 is 0 Å². The van der Waals surface area contributed by atoms with Gasteiger partial charge < -0.3 is 13.9 Å². The number of pyridine rings is 1. The van der Waals surface area contributed by atoms with Gasteiger partial charge in [0.05, 0.1) is 20.8 Å². The van der Waals surface area contributed by atoms with Crippen molar-refractivity contribution in [3.05, 3.63) is 29.1 Å². The molecule has 0 bridgehead atoms. The molecule has 0 unspecified atom stereocenters. The van der Waals surface area contributed by atoms with Crippen molar-refractivity contribution in [3.8, 4) is 0 Å². The van der Waals surface area contributed by atoms with Crippen molar-refractivity contribution >= 4 is 20.3 Å². The Kier molecular flexibility index (Phi) is 6.07. The molecule has 0 radical (unpaired) electrons. The number of methoxy groups -OCH3 is 2. The van der Waals surface area contributed by atoms with Gasteiger partial charge in [0, 0.05) is 0 Å². The summed E-state index contributed by atoms with van der Waals surface area (Å²) >= 11 is 0. The van der Waals surface area contributed by atoms with E-state index in [0.717, 1.165) is 0 Å². The number of aromatic nitrogens is 1. The van der Waals surface area contributed by atoms with Crippen molar-refractivity contribution in [2.75, 3.05) is 14.2 Å². The number of nitrogens with zero attached hydrogens (tertiary/aromatic N) is 1. The molecule has 23 heavy (non-hydrogen) atoms. The van der Waals surface area contributed by atoms with Crippen LogP contribution in [0.15, 0.2) is 12.1 Å². The molecule has 0 aromatic carbocycles. The van der Waals surface area contributed by atoms with Crippen LogP contribution in [-0.4, -0.2) is 39.5 Å². The van der Waals surface area contributed by atoms with Crippen molar-refractivity contribution in [1.82, 2.24) is 4.98 Å². The fourth-order valence-electron chi connectivity index (χ4n) is 1.57. The summed E-state index contributed by atoms with van der Waals surface area (Å²) in [7, 11) is 0.583. The van der Waals surface area contributed by atoms with Gasteiger partial charge >= 0.3 is 11.9 Å². The summed E-state index contributed by atoms with van der Waals surface area (Å²) in [6.07, 6.45) is 0. The Labute approximate surface area is 138 Å². The molecule has 0 aliphatic carbocycles. The molecule has 1 rings (SSSR count). The van der Waals surface area contributed by atoms with Gasteiger partial charge in [-0.15, -0.1) is 0 Å². The van der Waals surface area contributed by atoms with Gasteiger partial charge in [0.15, 0.2) is 8.32 Å². The predicted molar refractivity (Wildman–Crippen MR) is 88.9 cm³/mol. The summed E-state index contributed by atoms with van der Waals surface area (Å²) in [5.41, 5.74) is 0.805. The van der Waals surface area contributed by atoms with Gasteiger partial charge in [-0.3, -0.25) is 0 Å². The van der Waals surface area contributed by atoms with Crippen LogP contribution in [0.4, 0.5) is 0 Å². The molecule has 0 aliphatic heterocycles. The predicted octanol–water partition coefficient (Wildman–Crippen LogP) is 3.18. The maximum Gasteiger partial charge on any atom is 0.356 e. The van der Waals surface area contributed by atoms with Crippen LogP contribution in [0, 0.1) is 0 Å². The molecule has 128 valence electrons. The first-order valence-corrected chi connectivity index (χ1v) is 10.2. The first kappa shape index (κ1) is 19.3. The number of carbonyl (C=O) groups excluding carboxylic acids is 2. The maximum absolute atomic E-state index is 11.7. The minimum Gasteiger partial charge on any atom is -0.464 e. The van der Waals surface area contributed by atoms with E-state index in [9.17, 15) is 9.59 Å². The second-order valence-electron chi connectivity index (χ2n) is 6.78. The highest BCUT2D eigenvalue weighted by Gasteiger charge is 2.37. The van der Waals surface area contributed by atoms with Crippen molar-refractivity contribution < 1.29 is 23.5 Å². The zero-order valence-corrected chi connectivity index (χ0v) is 15.9. The van der Waals surface area contributed by atoms with Gasteiger partial charge in [0.25, 0.3) is 0 Å². The molecular weight excluding hydrogens is 314 g/mol. The van der Waals surface area contributed by atoms with Crippen LogP contribution in [0.2, 0.25) is 18.1 Å². The molecule has 0 aliphatic rings. The minimum absolute atomic E-state index is 0.0595. The molecule has 0 spiro atoms. The fourth-order valence-corrected chi connectivity index (χ4v) is 2.53. The lowest BCUT2D eigenvalue weighted by atomic mass is 10.2. The molecule has 0 saturated carbocycles. The number of rotatable bonds is 5. The molecule has 1 aromatic rings. The lowest BCUT2D eigenvalue weighted by Crippen LogP contribution is -2.40. The van der Waals surface area contributed by atoms with Gasteiger partial charge in [-0.1, -0.05) is 20.8 Å². The second kappa shape index (κ2) is 7.23. The summed E-state index contributed by atoms with van der Waals surface area (Å²) in [4.78, 5) is 27.4. The monoisotopic (exact) mass is 339 g/mol. The van der Waals surface area contributed by atoms with Crippen molar-refractivity contribution in [3.63, 3.8) is 0 Å². The Hall–Kier alpha value is -1.73. The summed E-state index contributed by atoms with van der Waals surface area (Å²) in [6.45, 7) is 11.0. The Morgan fingerprint density at radius 3 is 1.83 bits per heavy atom. The van der Waals surface area contributed by atoms with Crippen LogP contribution in [0.1, 0.15) is 47.3 Å². The van der Waals surface area contributed by atoms with Crippen molar-refractivity contribution in [1.29, 1.82) is 0 Å². The molecule has 0 amide bonds. The Bertz CT molecular complexity index is 558. The lowest BCUT2D eigenvalue weighted by Gasteiger charge is -2.36. The SMILES string of the molecule is COC(=O)c1cc(CO[Si](C)(C)C(C)(C)C)cc(C(=O)OC)n1. The smallest absolute Gasteiger partial charge is 0.356 e. The van der Waals surface area contributed by atoms with E-state index in [1.54, 1.807) is 12.1 Å². The molecule has 1 aromatic heterocycles. The average Bonchev–Trinajstić information content (AvgIpc) is 2.49. The van der Waals surface area contributed by atoms with E-state index < -0.39 is 20.3 Å². The highest BCUT2D eigenvalue weighted by atomic mass is 28.4. The third kappa shape index (κ3) is 4.87. The number of carbonyl (C=O) groups is 2. The van der Waals surface area contributed by atoms with E-state index in [1.165, 1.54) is 14.2 Å². The van der Waals surface area contributed by atoms with Gasteiger partial charge in [-0.25, -0.2) is 14.6 Å². The van der Waals surface area contributed by atoms with E-state index in [1.807, 2.05) is 0 Å². The topological polar surface area (TPSA) is 74.7 Å². The number of esters is 2. The molecule has 6 nitrogen and oxygen atoms in total. The lowest BCUT2D eigenvalue weighted by molar-refractivity contribution is 0.0585. The number of ether oxygens (including phenoxy) is 2. The van der Waals surface area contributed by atoms with Crippen LogP contribution in [0.25, 0.3) is 0 Å². The standard InChI is InChI=1S/C16H25NO5Si/c1-16(2,3)23(6,7)22-10-11-8-12(14(18)20-4)17-13(9-11)15(19)21-5/h8-9H,10H2,1-7H3. The Morgan fingerprint density at radius 1 is 1.04 bits per heavy atom. The first-order chi connectivity index (χ1) is 10.5. The zero-order chi connectivity index (χ0) is 17.8. The van der Waals surface area contributed by atoms with E-state index in [4.69, 9.17) is 4.43 Å². The largest absolute Gasteiger partial charge is 0.464 e. The average molecular weight is 339 g/mol. The van der Waals surface area contributed by atoms with Crippen molar-refractivity contribution in [2.45, 2.75) is 45.5 Å². The molecule has 0 saturated heterocycles. The third-order valence-electron chi connectivity index (χ3n) is 4.08. The minimum atomic E-state index is -1.95. The maximum atomic E-state index is 11.7. The summed E-state index contributed by atoms with van der Waals surface area (Å²) < 4.78 is 15.5. The van der Waals surface area contributed by atoms with Gasteiger partial charge in [-0.05, 0) is 35.8 Å². The van der Waals surface area contributed by atoms with Crippen molar-refractivity contribution in [2.24, 2.45) is 0 Å².